The van der Waals surface area contributed by atoms with Crippen molar-refractivity contribution in [1.29, 1.82) is 0 Å². The highest BCUT2D eigenvalue weighted by Gasteiger charge is 2.55. The van der Waals surface area contributed by atoms with Crippen molar-refractivity contribution in [2.24, 2.45) is 0 Å². The van der Waals surface area contributed by atoms with Gasteiger partial charge in [-0.15, -0.1) is 11.3 Å². The first-order chi connectivity index (χ1) is 14.4. The maximum Gasteiger partial charge on any atom is 0.273 e. The first-order valence-corrected chi connectivity index (χ1v) is 11.5. The highest BCUT2D eigenvalue weighted by molar-refractivity contribution is 7.07. The molecule has 30 heavy (non-hydrogen) atoms. The lowest BCUT2D eigenvalue weighted by molar-refractivity contribution is -0.225. The Morgan fingerprint density at radius 2 is 2.10 bits per heavy atom. The summed E-state index contributed by atoms with van der Waals surface area (Å²) in [7, 11) is 1.74. The molecule has 6 nitrogen and oxygen atoms in total. The molecular weight excluding hydrogens is 400 g/mol. The fourth-order valence-electron chi connectivity index (χ4n) is 5.40. The smallest absolute Gasteiger partial charge is 0.273 e. The lowest BCUT2D eigenvalue weighted by atomic mass is 9.73. The summed E-state index contributed by atoms with van der Waals surface area (Å²) in [4.78, 5) is 18.7. The second-order valence-corrected chi connectivity index (χ2v) is 9.65. The van der Waals surface area contributed by atoms with E-state index in [1.54, 1.807) is 22.8 Å². The summed E-state index contributed by atoms with van der Waals surface area (Å²) >= 11 is 1.38. The summed E-state index contributed by atoms with van der Waals surface area (Å²) in [5.41, 5.74) is 1.95. The molecule has 2 aliphatic rings. The normalized spacial score (nSPS) is 33.7. The number of nitrogens with zero attached hydrogens (tertiary/aromatic N) is 2. The van der Waals surface area contributed by atoms with Crippen LogP contribution in [0.3, 0.4) is 0 Å². The molecule has 2 aromatic rings. The number of aromatic nitrogens is 1. The van der Waals surface area contributed by atoms with Gasteiger partial charge in [0.1, 0.15) is 11.8 Å². The van der Waals surface area contributed by atoms with Crippen molar-refractivity contribution >= 4 is 17.2 Å². The van der Waals surface area contributed by atoms with Gasteiger partial charge in [0.2, 0.25) is 0 Å². The highest BCUT2D eigenvalue weighted by atomic mass is 32.1. The standard InChI is InChI=1S/C23H30N2O4S/c1-22-12-17(16-6-4-3-5-7-16)13-23(29-22,10-11-26)9-8-19(20(22)27)25(2)21(28)18-14-30-15-24-18/h3-7,14-15,17,19-20,26-27H,8-13H2,1-2H3/t17-,19+,20-,22+,23-/m1/s1. The Morgan fingerprint density at radius 3 is 2.77 bits per heavy atom. The van der Waals surface area contributed by atoms with Crippen LogP contribution in [-0.4, -0.2) is 63.0 Å². The van der Waals surface area contributed by atoms with Gasteiger partial charge in [-0.2, -0.15) is 0 Å². The molecule has 2 saturated heterocycles. The predicted molar refractivity (Wildman–Crippen MR) is 116 cm³/mol. The van der Waals surface area contributed by atoms with Gasteiger partial charge < -0.3 is 19.8 Å². The molecule has 1 amide bonds. The van der Waals surface area contributed by atoms with Crippen molar-refractivity contribution in [3.63, 3.8) is 0 Å². The SMILES string of the molecule is CN(C(=O)c1cscn1)[C@H]1CC[C@@]2(CCO)C[C@H](c3ccccc3)C[C@](C)(O2)[C@@H]1O. The van der Waals surface area contributed by atoms with Gasteiger partial charge in [0.15, 0.2) is 0 Å². The molecule has 3 heterocycles. The van der Waals surface area contributed by atoms with Crippen LogP contribution in [0, 0.1) is 0 Å². The van der Waals surface area contributed by atoms with Crippen LogP contribution in [-0.2, 0) is 4.74 Å². The number of carbonyl (C=O) groups is 1. The molecule has 0 unspecified atom stereocenters. The van der Waals surface area contributed by atoms with Crippen molar-refractivity contribution in [1.82, 2.24) is 9.88 Å². The molecule has 0 saturated carbocycles. The molecule has 0 aliphatic carbocycles. The van der Waals surface area contributed by atoms with Gasteiger partial charge in [-0.05, 0) is 50.5 Å². The van der Waals surface area contributed by atoms with E-state index < -0.39 is 17.3 Å². The van der Waals surface area contributed by atoms with Gasteiger partial charge in [0.05, 0.1) is 22.8 Å². The zero-order chi connectivity index (χ0) is 21.4. The fraction of sp³-hybridized carbons (Fsp3) is 0.565. The van der Waals surface area contributed by atoms with Crippen molar-refractivity contribution in [3.05, 3.63) is 52.5 Å². The molecule has 1 aromatic heterocycles. The van der Waals surface area contributed by atoms with Crippen molar-refractivity contribution in [2.45, 2.75) is 68.3 Å². The van der Waals surface area contributed by atoms with Gasteiger partial charge in [-0.1, -0.05) is 30.3 Å². The first-order valence-electron chi connectivity index (χ1n) is 10.6. The van der Waals surface area contributed by atoms with E-state index in [4.69, 9.17) is 4.74 Å². The Morgan fingerprint density at radius 1 is 1.33 bits per heavy atom. The molecule has 2 aliphatic heterocycles. The highest BCUT2D eigenvalue weighted by Crippen LogP contribution is 2.51. The van der Waals surface area contributed by atoms with Crippen LogP contribution in [0.2, 0.25) is 0 Å². The number of aliphatic hydroxyl groups excluding tert-OH is 2. The van der Waals surface area contributed by atoms with Crippen LogP contribution in [0.4, 0.5) is 0 Å². The Balaban J connectivity index is 1.66. The fourth-order valence-corrected chi connectivity index (χ4v) is 5.92. The third kappa shape index (κ3) is 3.91. The first kappa shape index (κ1) is 21.4. The maximum atomic E-state index is 12.9. The zero-order valence-electron chi connectivity index (χ0n) is 17.5. The average Bonchev–Trinajstić information content (AvgIpc) is 3.26. The minimum absolute atomic E-state index is 0.0337. The predicted octanol–water partition coefficient (Wildman–Crippen LogP) is 3.21. The van der Waals surface area contributed by atoms with Gasteiger partial charge >= 0.3 is 0 Å². The molecule has 2 fully saturated rings. The third-order valence-electron chi connectivity index (χ3n) is 6.91. The summed E-state index contributed by atoms with van der Waals surface area (Å²) in [5.74, 6) is 0.0422. The van der Waals surface area contributed by atoms with Crippen LogP contribution < -0.4 is 0 Å². The van der Waals surface area contributed by atoms with Gasteiger partial charge in [0, 0.05) is 19.0 Å². The van der Waals surface area contributed by atoms with E-state index in [9.17, 15) is 15.0 Å². The van der Waals surface area contributed by atoms with E-state index in [0.717, 1.165) is 6.42 Å². The molecule has 1 aromatic carbocycles. The number of aliphatic hydroxyl groups is 2. The van der Waals surface area contributed by atoms with Gasteiger partial charge in [-0.25, -0.2) is 4.98 Å². The topological polar surface area (TPSA) is 82.9 Å². The number of ether oxygens (including phenoxy) is 1. The van der Waals surface area contributed by atoms with Crippen LogP contribution in [0.5, 0.6) is 0 Å². The van der Waals surface area contributed by atoms with E-state index >= 15 is 0 Å². The third-order valence-corrected chi connectivity index (χ3v) is 7.50. The quantitative estimate of drug-likeness (QED) is 0.761. The molecule has 162 valence electrons. The zero-order valence-corrected chi connectivity index (χ0v) is 18.3. The second-order valence-electron chi connectivity index (χ2n) is 8.93. The second kappa shape index (κ2) is 8.38. The number of benzene rings is 1. The van der Waals surface area contributed by atoms with E-state index in [-0.39, 0.29) is 24.5 Å². The number of hydrogen-bond acceptors (Lipinski definition) is 6. The Labute approximate surface area is 181 Å². The van der Waals surface area contributed by atoms with Crippen LogP contribution in [0.1, 0.15) is 61.0 Å². The monoisotopic (exact) mass is 430 g/mol. The number of rotatable bonds is 5. The van der Waals surface area contributed by atoms with E-state index in [2.05, 4.69) is 17.1 Å². The summed E-state index contributed by atoms with van der Waals surface area (Å²) in [6.07, 6.45) is 2.46. The van der Waals surface area contributed by atoms with Crippen molar-refractivity contribution in [2.75, 3.05) is 13.7 Å². The number of thiazole rings is 1. The van der Waals surface area contributed by atoms with Crippen molar-refractivity contribution in [3.8, 4) is 0 Å². The molecule has 5 atom stereocenters. The van der Waals surface area contributed by atoms with Gasteiger partial charge in [-0.3, -0.25) is 4.79 Å². The van der Waals surface area contributed by atoms with Crippen LogP contribution in [0.15, 0.2) is 41.2 Å². The number of fused-ring (bicyclic) bond motifs is 2. The molecule has 7 heteroatoms. The summed E-state index contributed by atoms with van der Waals surface area (Å²) in [6.45, 7) is 1.99. The average molecular weight is 431 g/mol. The van der Waals surface area contributed by atoms with Crippen LogP contribution in [0.25, 0.3) is 0 Å². The maximum absolute atomic E-state index is 12.9. The number of amides is 1. The summed E-state index contributed by atoms with van der Waals surface area (Å²) < 4.78 is 6.62. The molecule has 2 bridgehead atoms. The van der Waals surface area contributed by atoms with E-state index in [1.165, 1.54) is 16.9 Å². The Kier molecular flexibility index (Phi) is 5.99. The lowest BCUT2D eigenvalue weighted by Gasteiger charge is -2.50. The molecular formula is C23H30N2O4S. The number of hydrogen-bond donors (Lipinski definition) is 2. The Hall–Kier alpha value is -1.80. The largest absolute Gasteiger partial charge is 0.396 e. The Bertz CT molecular complexity index is 861. The summed E-state index contributed by atoms with van der Waals surface area (Å²) in [6, 6.07) is 9.95. The van der Waals surface area contributed by atoms with E-state index in [1.807, 2.05) is 25.1 Å². The van der Waals surface area contributed by atoms with Gasteiger partial charge in [0.25, 0.3) is 5.91 Å². The molecule has 4 rings (SSSR count). The van der Waals surface area contributed by atoms with Crippen molar-refractivity contribution < 1.29 is 19.7 Å². The minimum atomic E-state index is -0.836. The number of carbonyl (C=O) groups excluding carboxylic acids is 1. The van der Waals surface area contributed by atoms with E-state index in [0.29, 0.717) is 31.4 Å². The van der Waals surface area contributed by atoms with Crippen LogP contribution >= 0.6 is 11.3 Å². The molecule has 0 spiro atoms. The molecule has 2 N–H and O–H groups in total. The minimum Gasteiger partial charge on any atom is -0.396 e. The lowest BCUT2D eigenvalue weighted by Crippen LogP contribution is -2.58. The molecule has 0 radical (unpaired) electrons. The number of likely N-dealkylation sites (N-methyl/N-ethyl adjacent to an activating group) is 1. The summed E-state index contributed by atoms with van der Waals surface area (Å²) in [5, 5.41) is 23.0.